The second kappa shape index (κ2) is 4.33. The molecule has 15 heavy (non-hydrogen) atoms. The van der Waals surface area contributed by atoms with Crippen LogP contribution in [0.4, 0.5) is 0 Å². The molecule has 0 bridgehead atoms. The summed E-state index contributed by atoms with van der Waals surface area (Å²) in [6.07, 6.45) is 5.63. The van der Waals surface area contributed by atoms with Crippen molar-refractivity contribution in [3.63, 3.8) is 0 Å². The number of rotatable bonds is 4. The molecule has 4 nitrogen and oxygen atoms in total. The molecule has 1 aliphatic carbocycles. The number of nitrogens with zero attached hydrogens (tertiary/aromatic N) is 3. The summed E-state index contributed by atoms with van der Waals surface area (Å²) < 4.78 is 2.05. The van der Waals surface area contributed by atoms with Crippen molar-refractivity contribution >= 4 is 0 Å². The van der Waals surface area contributed by atoms with Crippen LogP contribution in [-0.4, -0.2) is 39.3 Å². The number of aliphatic hydroxyl groups excluding tert-OH is 1. The van der Waals surface area contributed by atoms with Crippen molar-refractivity contribution in [3.8, 4) is 0 Å². The Bertz CT molecular complexity index is 317. The molecule has 0 amide bonds. The highest BCUT2D eigenvalue weighted by Gasteiger charge is 2.27. The van der Waals surface area contributed by atoms with E-state index in [0.717, 1.165) is 25.9 Å². The normalized spacial score (nSPS) is 25.6. The number of imidazole rings is 1. The van der Waals surface area contributed by atoms with Gasteiger partial charge in [0.25, 0.3) is 0 Å². The van der Waals surface area contributed by atoms with Gasteiger partial charge in [0, 0.05) is 26.3 Å². The number of aryl methyl sites for hydroxylation is 1. The van der Waals surface area contributed by atoms with Crippen LogP contribution in [0.25, 0.3) is 0 Å². The van der Waals surface area contributed by atoms with E-state index < -0.39 is 0 Å². The highest BCUT2D eigenvalue weighted by molar-refractivity contribution is 4.97. The van der Waals surface area contributed by atoms with Crippen LogP contribution in [0.1, 0.15) is 18.5 Å². The summed E-state index contributed by atoms with van der Waals surface area (Å²) >= 11 is 0. The molecule has 1 aromatic rings. The summed E-state index contributed by atoms with van der Waals surface area (Å²) in [5, 5.41) is 9.20. The minimum Gasteiger partial charge on any atom is -0.393 e. The zero-order valence-electron chi connectivity index (χ0n) is 9.43. The maximum atomic E-state index is 9.20. The van der Waals surface area contributed by atoms with E-state index in [1.54, 1.807) is 0 Å². The SMILES string of the molecule is CN(Cc1cncn1C)CC1CC(O)C1. The Morgan fingerprint density at radius 1 is 1.60 bits per heavy atom. The highest BCUT2D eigenvalue weighted by atomic mass is 16.3. The first kappa shape index (κ1) is 10.6. The number of aromatic nitrogens is 2. The van der Waals surface area contributed by atoms with E-state index in [1.165, 1.54) is 5.69 Å². The van der Waals surface area contributed by atoms with E-state index in [0.29, 0.717) is 5.92 Å². The Balaban J connectivity index is 1.77. The number of hydrogen-bond donors (Lipinski definition) is 1. The first-order valence-electron chi connectivity index (χ1n) is 5.47. The molecule has 0 radical (unpaired) electrons. The molecule has 1 aliphatic rings. The predicted octanol–water partition coefficient (Wildman–Crippen LogP) is 0.623. The van der Waals surface area contributed by atoms with Crippen LogP contribution < -0.4 is 0 Å². The van der Waals surface area contributed by atoms with Gasteiger partial charge in [0.15, 0.2) is 0 Å². The molecule has 0 atom stereocenters. The van der Waals surface area contributed by atoms with E-state index in [2.05, 4.69) is 16.9 Å². The molecular formula is C11H19N3O. The van der Waals surface area contributed by atoms with Gasteiger partial charge in [0.05, 0.1) is 18.1 Å². The zero-order valence-corrected chi connectivity index (χ0v) is 9.43. The maximum Gasteiger partial charge on any atom is 0.0945 e. The third-order valence-corrected chi connectivity index (χ3v) is 3.13. The van der Waals surface area contributed by atoms with Crippen LogP contribution in [0, 0.1) is 5.92 Å². The van der Waals surface area contributed by atoms with Gasteiger partial charge in [-0.05, 0) is 25.8 Å². The molecule has 0 aromatic carbocycles. The fourth-order valence-corrected chi connectivity index (χ4v) is 2.17. The summed E-state index contributed by atoms with van der Waals surface area (Å²) in [4.78, 5) is 6.40. The molecule has 0 aliphatic heterocycles. The first-order chi connectivity index (χ1) is 7.15. The van der Waals surface area contributed by atoms with Gasteiger partial charge in [-0.1, -0.05) is 0 Å². The summed E-state index contributed by atoms with van der Waals surface area (Å²) in [5.74, 6) is 0.679. The van der Waals surface area contributed by atoms with Crippen LogP contribution in [-0.2, 0) is 13.6 Å². The topological polar surface area (TPSA) is 41.3 Å². The van der Waals surface area contributed by atoms with Crippen molar-refractivity contribution in [1.29, 1.82) is 0 Å². The van der Waals surface area contributed by atoms with Gasteiger partial charge in [-0.25, -0.2) is 4.98 Å². The Kier molecular flexibility index (Phi) is 3.07. The van der Waals surface area contributed by atoms with Crippen LogP contribution in [0.15, 0.2) is 12.5 Å². The van der Waals surface area contributed by atoms with Gasteiger partial charge < -0.3 is 14.6 Å². The van der Waals surface area contributed by atoms with Crippen LogP contribution in [0.3, 0.4) is 0 Å². The summed E-state index contributed by atoms with van der Waals surface area (Å²) in [6.45, 7) is 2.01. The third-order valence-electron chi connectivity index (χ3n) is 3.13. The van der Waals surface area contributed by atoms with Crippen molar-refractivity contribution in [2.24, 2.45) is 13.0 Å². The van der Waals surface area contributed by atoms with Gasteiger partial charge in [-0.2, -0.15) is 0 Å². The summed E-state index contributed by atoms with van der Waals surface area (Å²) in [7, 11) is 4.14. The van der Waals surface area contributed by atoms with Crippen molar-refractivity contribution < 1.29 is 5.11 Å². The molecule has 2 rings (SSSR count). The van der Waals surface area contributed by atoms with Crippen molar-refractivity contribution in [1.82, 2.24) is 14.5 Å². The monoisotopic (exact) mass is 209 g/mol. The zero-order chi connectivity index (χ0) is 10.8. The molecule has 1 N–H and O–H groups in total. The van der Waals surface area contributed by atoms with Gasteiger partial charge in [0.1, 0.15) is 0 Å². The molecule has 4 heteroatoms. The Morgan fingerprint density at radius 2 is 2.33 bits per heavy atom. The largest absolute Gasteiger partial charge is 0.393 e. The minimum absolute atomic E-state index is 0.0416. The second-order valence-corrected chi connectivity index (χ2v) is 4.68. The van der Waals surface area contributed by atoms with Gasteiger partial charge >= 0.3 is 0 Å². The van der Waals surface area contributed by atoms with Crippen molar-refractivity contribution in [2.75, 3.05) is 13.6 Å². The standard InChI is InChI=1S/C11H19N3O/c1-13(6-9-3-11(15)4-9)7-10-5-12-8-14(10)2/h5,8-9,11,15H,3-4,6-7H2,1-2H3. The quantitative estimate of drug-likeness (QED) is 0.790. The lowest BCUT2D eigenvalue weighted by atomic mass is 9.82. The van der Waals surface area contributed by atoms with Crippen LogP contribution >= 0.6 is 0 Å². The van der Waals surface area contributed by atoms with Gasteiger partial charge in [0.2, 0.25) is 0 Å². The molecular weight excluding hydrogens is 190 g/mol. The van der Waals surface area contributed by atoms with Crippen LogP contribution in [0.5, 0.6) is 0 Å². The fourth-order valence-electron chi connectivity index (χ4n) is 2.17. The molecule has 1 aromatic heterocycles. The lowest BCUT2D eigenvalue weighted by molar-refractivity contribution is 0.0271. The molecule has 1 saturated carbocycles. The predicted molar refractivity (Wildman–Crippen MR) is 58.3 cm³/mol. The summed E-state index contributed by atoms with van der Waals surface area (Å²) in [5.41, 5.74) is 1.23. The van der Waals surface area contributed by atoms with E-state index in [1.807, 2.05) is 24.1 Å². The third kappa shape index (κ3) is 2.58. The Labute approximate surface area is 90.5 Å². The van der Waals surface area contributed by atoms with Crippen molar-refractivity contribution in [2.45, 2.75) is 25.5 Å². The Hall–Kier alpha value is -0.870. The molecule has 1 heterocycles. The smallest absolute Gasteiger partial charge is 0.0945 e. The van der Waals surface area contributed by atoms with Gasteiger partial charge in [-0.15, -0.1) is 0 Å². The fraction of sp³-hybridized carbons (Fsp3) is 0.727. The molecule has 0 saturated heterocycles. The molecule has 0 spiro atoms. The lowest BCUT2D eigenvalue weighted by Gasteiger charge is -2.34. The average Bonchev–Trinajstić information content (AvgIpc) is 2.49. The molecule has 1 fully saturated rings. The maximum absolute atomic E-state index is 9.20. The lowest BCUT2D eigenvalue weighted by Crippen LogP contribution is -2.37. The van der Waals surface area contributed by atoms with Crippen LogP contribution in [0.2, 0.25) is 0 Å². The van der Waals surface area contributed by atoms with Crippen molar-refractivity contribution in [3.05, 3.63) is 18.2 Å². The van der Waals surface area contributed by atoms with Gasteiger partial charge in [-0.3, -0.25) is 0 Å². The number of aliphatic hydroxyl groups is 1. The minimum atomic E-state index is -0.0416. The number of hydrogen-bond acceptors (Lipinski definition) is 3. The first-order valence-corrected chi connectivity index (χ1v) is 5.47. The summed E-state index contributed by atoms with van der Waals surface area (Å²) in [6, 6.07) is 0. The van der Waals surface area contributed by atoms with E-state index in [4.69, 9.17) is 0 Å². The molecule has 84 valence electrons. The van der Waals surface area contributed by atoms with E-state index >= 15 is 0 Å². The molecule has 0 unspecified atom stereocenters. The Morgan fingerprint density at radius 3 is 2.87 bits per heavy atom. The average molecular weight is 209 g/mol. The van der Waals surface area contributed by atoms with E-state index in [9.17, 15) is 5.11 Å². The highest BCUT2D eigenvalue weighted by Crippen LogP contribution is 2.27. The second-order valence-electron chi connectivity index (χ2n) is 4.68. The van der Waals surface area contributed by atoms with E-state index in [-0.39, 0.29) is 6.10 Å².